The molecular weight excluding hydrogens is 162 g/mol. The van der Waals surface area contributed by atoms with Gasteiger partial charge in [-0.2, -0.15) is 0 Å². The number of hydrogen-bond acceptors (Lipinski definition) is 5. The maximum atomic E-state index is 11.0. The molecule has 12 heavy (non-hydrogen) atoms. The van der Waals surface area contributed by atoms with Crippen molar-refractivity contribution in [2.45, 2.75) is 19.1 Å². The number of methoxy groups -OCH3 is 1. The van der Waals surface area contributed by atoms with Crippen LogP contribution >= 0.6 is 0 Å². The van der Waals surface area contributed by atoms with Crippen LogP contribution in [0.25, 0.3) is 0 Å². The van der Waals surface area contributed by atoms with Gasteiger partial charge in [-0.15, -0.1) is 0 Å². The molecule has 0 spiro atoms. The Morgan fingerprint density at radius 2 is 2.25 bits per heavy atom. The first-order valence-corrected chi connectivity index (χ1v) is 3.62. The van der Waals surface area contributed by atoms with Gasteiger partial charge in [0.1, 0.15) is 18.1 Å². The van der Waals surface area contributed by atoms with Gasteiger partial charge >= 0.3 is 11.9 Å². The van der Waals surface area contributed by atoms with Crippen LogP contribution in [-0.2, 0) is 19.1 Å². The Kier molecular flexibility index (Phi) is 2.32. The van der Waals surface area contributed by atoms with Crippen LogP contribution in [0.1, 0.15) is 6.92 Å². The lowest BCUT2D eigenvalue weighted by atomic mass is 9.99. The van der Waals surface area contributed by atoms with E-state index in [0.717, 1.165) is 0 Å². The van der Waals surface area contributed by atoms with E-state index in [1.165, 1.54) is 7.11 Å². The number of rotatable bonds is 1. The highest BCUT2D eigenvalue weighted by Crippen LogP contribution is 2.21. The topological polar surface area (TPSA) is 78.6 Å². The van der Waals surface area contributed by atoms with Crippen molar-refractivity contribution in [3.63, 3.8) is 0 Å². The van der Waals surface area contributed by atoms with Gasteiger partial charge in [-0.05, 0) is 6.92 Å². The standard InChI is InChI=1S/C7H11NO4/c1-3-4(6(9)11-2)5(8)7(10)12-3/h3-5H,8H2,1-2H3/t3-,4-,5+/m1/s1. The van der Waals surface area contributed by atoms with E-state index in [4.69, 9.17) is 10.5 Å². The van der Waals surface area contributed by atoms with E-state index in [9.17, 15) is 9.59 Å². The number of carbonyl (C=O) groups excluding carboxylic acids is 2. The number of esters is 2. The van der Waals surface area contributed by atoms with Crippen LogP contribution in [0.5, 0.6) is 0 Å². The van der Waals surface area contributed by atoms with Crippen LogP contribution in [0.4, 0.5) is 0 Å². The fourth-order valence-corrected chi connectivity index (χ4v) is 1.25. The summed E-state index contributed by atoms with van der Waals surface area (Å²) < 4.78 is 9.22. The van der Waals surface area contributed by atoms with Crippen molar-refractivity contribution in [2.24, 2.45) is 11.7 Å². The molecule has 1 saturated heterocycles. The predicted octanol–water partition coefficient (Wildman–Crippen LogP) is -0.952. The van der Waals surface area contributed by atoms with Crippen molar-refractivity contribution < 1.29 is 19.1 Å². The van der Waals surface area contributed by atoms with Gasteiger partial charge in [0.05, 0.1) is 7.11 Å². The minimum Gasteiger partial charge on any atom is -0.469 e. The lowest BCUT2D eigenvalue weighted by Crippen LogP contribution is -2.39. The van der Waals surface area contributed by atoms with Crippen molar-refractivity contribution in [3.8, 4) is 0 Å². The molecule has 1 fully saturated rings. The van der Waals surface area contributed by atoms with Crippen molar-refractivity contribution in [1.82, 2.24) is 0 Å². The molecule has 0 aromatic carbocycles. The second-order valence-electron chi connectivity index (χ2n) is 2.72. The smallest absolute Gasteiger partial charge is 0.324 e. The number of hydrogen-bond donors (Lipinski definition) is 1. The summed E-state index contributed by atoms with van der Waals surface area (Å²) in [5, 5.41) is 0. The van der Waals surface area contributed by atoms with E-state index in [1.807, 2.05) is 0 Å². The molecule has 0 radical (unpaired) electrons. The summed E-state index contributed by atoms with van der Waals surface area (Å²) in [6.45, 7) is 1.62. The zero-order chi connectivity index (χ0) is 9.30. The third kappa shape index (κ3) is 1.27. The minimum atomic E-state index is -0.882. The lowest BCUT2D eigenvalue weighted by Gasteiger charge is -2.11. The van der Waals surface area contributed by atoms with Gasteiger partial charge in [-0.3, -0.25) is 9.59 Å². The molecule has 1 aliphatic heterocycles. The molecule has 1 heterocycles. The van der Waals surface area contributed by atoms with Crippen LogP contribution in [0, 0.1) is 5.92 Å². The normalized spacial score (nSPS) is 34.6. The molecule has 0 unspecified atom stereocenters. The Morgan fingerprint density at radius 1 is 1.67 bits per heavy atom. The summed E-state index contributed by atoms with van der Waals surface area (Å²) in [5.74, 6) is -1.71. The zero-order valence-electron chi connectivity index (χ0n) is 6.94. The van der Waals surface area contributed by atoms with E-state index < -0.39 is 30.0 Å². The van der Waals surface area contributed by atoms with Gasteiger partial charge in [0.15, 0.2) is 0 Å². The second-order valence-corrected chi connectivity index (χ2v) is 2.72. The Bertz CT molecular complexity index is 215. The summed E-state index contributed by atoms with van der Waals surface area (Å²) >= 11 is 0. The van der Waals surface area contributed by atoms with Crippen LogP contribution < -0.4 is 5.73 Å². The fraction of sp³-hybridized carbons (Fsp3) is 0.714. The summed E-state index contributed by atoms with van der Waals surface area (Å²) in [4.78, 5) is 21.9. The molecule has 0 amide bonds. The van der Waals surface area contributed by atoms with Gasteiger partial charge in [0, 0.05) is 0 Å². The number of carbonyl (C=O) groups is 2. The summed E-state index contributed by atoms with van der Waals surface area (Å²) in [5.41, 5.74) is 5.41. The molecule has 0 aromatic rings. The van der Waals surface area contributed by atoms with Gasteiger partial charge < -0.3 is 15.2 Å². The highest BCUT2D eigenvalue weighted by molar-refractivity contribution is 5.87. The maximum Gasteiger partial charge on any atom is 0.324 e. The Hall–Kier alpha value is -1.10. The maximum absolute atomic E-state index is 11.0. The van der Waals surface area contributed by atoms with Gasteiger partial charge in [0.2, 0.25) is 0 Å². The molecule has 5 heteroatoms. The van der Waals surface area contributed by atoms with E-state index in [0.29, 0.717) is 0 Å². The average molecular weight is 173 g/mol. The Labute approximate surface area is 69.8 Å². The number of nitrogens with two attached hydrogens (primary N) is 1. The summed E-state index contributed by atoms with van der Waals surface area (Å²) in [7, 11) is 1.25. The van der Waals surface area contributed by atoms with Crippen molar-refractivity contribution in [1.29, 1.82) is 0 Å². The first-order chi connectivity index (χ1) is 5.57. The SMILES string of the molecule is COC(=O)[C@H]1[C@H](N)C(=O)O[C@@H]1C. The molecule has 5 nitrogen and oxygen atoms in total. The summed E-state index contributed by atoms with van der Waals surface area (Å²) in [6, 6.07) is -0.882. The van der Waals surface area contributed by atoms with Gasteiger partial charge in [-0.25, -0.2) is 0 Å². The Morgan fingerprint density at radius 3 is 2.58 bits per heavy atom. The van der Waals surface area contributed by atoms with Gasteiger partial charge in [-0.1, -0.05) is 0 Å². The molecule has 1 rings (SSSR count). The van der Waals surface area contributed by atoms with Crippen LogP contribution in [0.3, 0.4) is 0 Å². The van der Waals surface area contributed by atoms with Crippen molar-refractivity contribution in [3.05, 3.63) is 0 Å². The quantitative estimate of drug-likeness (QED) is 0.517. The first kappa shape index (κ1) is 8.99. The van der Waals surface area contributed by atoms with Crippen LogP contribution in [0.15, 0.2) is 0 Å². The molecule has 1 aliphatic rings. The number of cyclic esters (lactones) is 1. The molecule has 0 saturated carbocycles. The predicted molar refractivity (Wildman–Crippen MR) is 39.0 cm³/mol. The molecule has 68 valence electrons. The Balaban J connectivity index is 2.76. The molecule has 0 bridgehead atoms. The minimum absolute atomic E-state index is 0.486. The van der Waals surface area contributed by atoms with E-state index in [1.54, 1.807) is 6.92 Å². The van der Waals surface area contributed by atoms with E-state index >= 15 is 0 Å². The molecule has 0 aromatic heterocycles. The molecule has 3 atom stereocenters. The van der Waals surface area contributed by atoms with E-state index in [2.05, 4.69) is 4.74 Å². The molecule has 2 N–H and O–H groups in total. The third-order valence-electron chi connectivity index (χ3n) is 1.94. The zero-order valence-corrected chi connectivity index (χ0v) is 6.94. The largest absolute Gasteiger partial charge is 0.469 e. The average Bonchev–Trinajstić information content (AvgIpc) is 2.26. The molecular formula is C7H11NO4. The van der Waals surface area contributed by atoms with Crippen molar-refractivity contribution >= 4 is 11.9 Å². The van der Waals surface area contributed by atoms with Crippen LogP contribution in [-0.4, -0.2) is 31.2 Å². The van der Waals surface area contributed by atoms with E-state index in [-0.39, 0.29) is 0 Å². The van der Waals surface area contributed by atoms with Gasteiger partial charge in [0.25, 0.3) is 0 Å². The number of ether oxygens (including phenoxy) is 2. The monoisotopic (exact) mass is 173 g/mol. The van der Waals surface area contributed by atoms with Crippen molar-refractivity contribution in [2.75, 3.05) is 7.11 Å². The third-order valence-corrected chi connectivity index (χ3v) is 1.94. The lowest BCUT2D eigenvalue weighted by molar-refractivity contribution is -0.147. The fourth-order valence-electron chi connectivity index (χ4n) is 1.25. The summed E-state index contributed by atoms with van der Waals surface area (Å²) in [6.07, 6.45) is -0.486. The first-order valence-electron chi connectivity index (χ1n) is 3.62. The van der Waals surface area contributed by atoms with Crippen LogP contribution in [0.2, 0.25) is 0 Å². The second kappa shape index (κ2) is 3.10. The molecule has 0 aliphatic carbocycles. The highest BCUT2D eigenvalue weighted by atomic mass is 16.6. The highest BCUT2D eigenvalue weighted by Gasteiger charge is 2.45.